The Balaban J connectivity index is 1.63. The van der Waals surface area contributed by atoms with Gasteiger partial charge in [-0.2, -0.15) is 5.10 Å². The molecule has 27 heavy (non-hydrogen) atoms. The topological polar surface area (TPSA) is 36.9 Å². The summed E-state index contributed by atoms with van der Waals surface area (Å²) in [5.74, 6) is 0. The fourth-order valence-corrected chi connectivity index (χ4v) is 4.50. The number of nitrogens with zero attached hydrogens (tertiary/aromatic N) is 3. The molecule has 5 rings (SSSR count). The van der Waals surface area contributed by atoms with E-state index in [0.29, 0.717) is 0 Å². The van der Waals surface area contributed by atoms with Gasteiger partial charge in [-0.3, -0.25) is 9.58 Å². The Morgan fingerprint density at radius 3 is 2.89 bits per heavy atom. The highest BCUT2D eigenvalue weighted by molar-refractivity contribution is 6.30. The van der Waals surface area contributed by atoms with Crippen molar-refractivity contribution in [1.82, 2.24) is 19.7 Å². The fraction of sp³-hybridized carbons (Fsp3) is 0.227. The average molecular weight is 377 g/mol. The van der Waals surface area contributed by atoms with Gasteiger partial charge in [0.1, 0.15) is 0 Å². The zero-order valence-corrected chi connectivity index (χ0v) is 15.9. The number of aromatic nitrogens is 3. The summed E-state index contributed by atoms with van der Waals surface area (Å²) in [6.07, 6.45) is 5.09. The van der Waals surface area contributed by atoms with Crippen LogP contribution in [-0.2, 0) is 20.0 Å². The standard InChI is InChI=1S/C22H21ClN4/c1-26-13-15(12-24-26)14-27-10-9-19-18-7-2-3-8-20(18)25-21(19)22(27)16-5-4-6-17(23)11-16/h2-8,11-13,22,25H,9-10,14H2,1H3/t22-/m0/s1. The minimum atomic E-state index is 0.153. The number of hydrogen-bond donors (Lipinski definition) is 1. The molecule has 4 aromatic rings. The molecule has 0 unspecified atom stereocenters. The Kier molecular flexibility index (Phi) is 4.03. The molecule has 0 radical (unpaired) electrons. The van der Waals surface area contributed by atoms with Gasteiger partial charge in [-0.15, -0.1) is 0 Å². The highest BCUT2D eigenvalue weighted by Crippen LogP contribution is 2.39. The molecule has 1 aliphatic rings. The minimum Gasteiger partial charge on any atom is -0.357 e. The fourth-order valence-electron chi connectivity index (χ4n) is 4.30. The smallest absolute Gasteiger partial charge is 0.0760 e. The number of fused-ring (bicyclic) bond motifs is 3. The molecule has 3 heterocycles. The Morgan fingerprint density at radius 2 is 2.07 bits per heavy atom. The molecular weight excluding hydrogens is 356 g/mol. The van der Waals surface area contributed by atoms with Gasteiger partial charge in [-0.1, -0.05) is 41.9 Å². The van der Waals surface area contributed by atoms with Gasteiger partial charge in [0.15, 0.2) is 0 Å². The number of rotatable bonds is 3. The van der Waals surface area contributed by atoms with Crippen molar-refractivity contribution in [3.05, 3.63) is 88.3 Å². The molecule has 5 heteroatoms. The van der Waals surface area contributed by atoms with Crippen molar-refractivity contribution in [2.75, 3.05) is 6.54 Å². The second-order valence-electron chi connectivity index (χ2n) is 7.26. The van der Waals surface area contributed by atoms with Crippen LogP contribution in [0.2, 0.25) is 5.02 Å². The second-order valence-corrected chi connectivity index (χ2v) is 7.70. The second kappa shape index (κ2) is 6.55. The molecule has 2 aromatic heterocycles. The molecule has 0 spiro atoms. The van der Waals surface area contributed by atoms with Crippen LogP contribution in [0.15, 0.2) is 60.9 Å². The van der Waals surface area contributed by atoms with Crippen LogP contribution < -0.4 is 0 Å². The Bertz CT molecular complexity index is 1110. The number of H-pyrrole nitrogens is 1. The van der Waals surface area contributed by atoms with Gasteiger partial charge in [0.2, 0.25) is 0 Å². The van der Waals surface area contributed by atoms with Crippen LogP contribution in [-0.4, -0.2) is 26.2 Å². The maximum Gasteiger partial charge on any atom is 0.0760 e. The van der Waals surface area contributed by atoms with Gasteiger partial charge >= 0.3 is 0 Å². The van der Waals surface area contributed by atoms with Crippen LogP contribution in [0.25, 0.3) is 10.9 Å². The average Bonchev–Trinajstić information content (AvgIpc) is 3.24. The molecule has 0 amide bonds. The zero-order valence-electron chi connectivity index (χ0n) is 15.2. The van der Waals surface area contributed by atoms with E-state index >= 15 is 0 Å². The maximum absolute atomic E-state index is 6.34. The van der Waals surface area contributed by atoms with Crippen molar-refractivity contribution < 1.29 is 0 Å². The van der Waals surface area contributed by atoms with Crippen molar-refractivity contribution in [3.63, 3.8) is 0 Å². The number of nitrogens with one attached hydrogen (secondary N) is 1. The summed E-state index contributed by atoms with van der Waals surface area (Å²) < 4.78 is 1.86. The molecule has 0 bridgehead atoms. The van der Waals surface area contributed by atoms with Crippen LogP contribution >= 0.6 is 11.6 Å². The van der Waals surface area contributed by atoms with Gasteiger partial charge in [0.25, 0.3) is 0 Å². The van der Waals surface area contributed by atoms with Crippen LogP contribution in [0, 0.1) is 0 Å². The zero-order chi connectivity index (χ0) is 18.4. The predicted octanol–water partition coefficient (Wildman–Crippen LogP) is 4.70. The van der Waals surface area contributed by atoms with E-state index in [0.717, 1.165) is 24.5 Å². The van der Waals surface area contributed by atoms with Gasteiger partial charge < -0.3 is 4.98 Å². The molecule has 0 saturated carbocycles. The largest absolute Gasteiger partial charge is 0.357 e. The molecule has 136 valence electrons. The van der Waals surface area contributed by atoms with Crippen molar-refractivity contribution in [2.24, 2.45) is 7.05 Å². The van der Waals surface area contributed by atoms with E-state index in [1.54, 1.807) is 0 Å². The monoisotopic (exact) mass is 376 g/mol. The predicted molar refractivity (Wildman–Crippen MR) is 109 cm³/mol. The highest BCUT2D eigenvalue weighted by Gasteiger charge is 2.31. The summed E-state index contributed by atoms with van der Waals surface area (Å²) in [5.41, 5.74) is 6.37. The highest BCUT2D eigenvalue weighted by atomic mass is 35.5. The third-order valence-corrected chi connectivity index (χ3v) is 5.68. The van der Waals surface area contributed by atoms with Gasteiger partial charge in [0, 0.05) is 53.5 Å². The van der Waals surface area contributed by atoms with Gasteiger partial charge in [0.05, 0.1) is 12.2 Å². The van der Waals surface area contributed by atoms with Crippen molar-refractivity contribution in [3.8, 4) is 0 Å². The number of hydrogen-bond acceptors (Lipinski definition) is 2. The molecule has 0 aliphatic carbocycles. The van der Waals surface area contributed by atoms with E-state index in [4.69, 9.17) is 11.6 Å². The summed E-state index contributed by atoms with van der Waals surface area (Å²) in [5, 5.41) is 6.44. The lowest BCUT2D eigenvalue weighted by Crippen LogP contribution is -2.35. The summed E-state index contributed by atoms with van der Waals surface area (Å²) >= 11 is 6.34. The van der Waals surface area contributed by atoms with Crippen LogP contribution in [0.3, 0.4) is 0 Å². The van der Waals surface area contributed by atoms with E-state index < -0.39 is 0 Å². The first kappa shape index (κ1) is 16.6. The lowest BCUT2D eigenvalue weighted by atomic mass is 9.92. The Labute approximate surface area is 163 Å². The summed E-state index contributed by atoms with van der Waals surface area (Å²) in [7, 11) is 1.96. The van der Waals surface area contributed by atoms with E-state index in [-0.39, 0.29) is 6.04 Å². The third-order valence-electron chi connectivity index (χ3n) is 5.44. The molecule has 1 atom stereocenters. The Morgan fingerprint density at radius 1 is 1.19 bits per heavy atom. The van der Waals surface area contributed by atoms with E-state index in [9.17, 15) is 0 Å². The van der Waals surface area contributed by atoms with Crippen molar-refractivity contribution in [1.29, 1.82) is 0 Å². The van der Waals surface area contributed by atoms with E-state index in [2.05, 4.69) is 57.6 Å². The van der Waals surface area contributed by atoms with Crippen LogP contribution in [0.1, 0.15) is 28.4 Å². The third kappa shape index (κ3) is 2.95. The van der Waals surface area contributed by atoms with Crippen LogP contribution in [0.4, 0.5) is 0 Å². The van der Waals surface area contributed by atoms with E-state index in [1.165, 1.54) is 33.3 Å². The number of halogens is 1. The molecule has 2 aromatic carbocycles. The molecule has 0 saturated heterocycles. The molecule has 4 nitrogen and oxygen atoms in total. The number of benzene rings is 2. The van der Waals surface area contributed by atoms with Crippen molar-refractivity contribution in [2.45, 2.75) is 19.0 Å². The summed E-state index contributed by atoms with van der Waals surface area (Å²) in [6, 6.07) is 17.0. The van der Waals surface area contributed by atoms with Crippen LogP contribution in [0.5, 0.6) is 0 Å². The number of aryl methyl sites for hydroxylation is 1. The van der Waals surface area contributed by atoms with Gasteiger partial charge in [-0.05, 0) is 35.7 Å². The van der Waals surface area contributed by atoms with Gasteiger partial charge in [-0.25, -0.2) is 0 Å². The SMILES string of the molecule is Cn1cc(CN2CCc3c([nH]c4ccccc34)[C@@H]2c2cccc(Cl)c2)cn1. The minimum absolute atomic E-state index is 0.153. The summed E-state index contributed by atoms with van der Waals surface area (Å²) in [4.78, 5) is 6.21. The molecular formula is C22H21ClN4. The lowest BCUT2D eigenvalue weighted by Gasteiger charge is -2.36. The first-order valence-electron chi connectivity index (χ1n) is 9.25. The summed E-state index contributed by atoms with van der Waals surface area (Å²) in [6.45, 7) is 1.86. The Hall–Kier alpha value is -2.56. The number of para-hydroxylation sites is 1. The first-order chi connectivity index (χ1) is 13.2. The quantitative estimate of drug-likeness (QED) is 0.562. The molecule has 1 aliphatic heterocycles. The first-order valence-corrected chi connectivity index (χ1v) is 9.63. The lowest BCUT2D eigenvalue weighted by molar-refractivity contribution is 0.202. The normalized spacial score (nSPS) is 17.3. The number of aromatic amines is 1. The van der Waals surface area contributed by atoms with E-state index in [1.807, 2.05) is 30.1 Å². The van der Waals surface area contributed by atoms with Crippen molar-refractivity contribution >= 4 is 22.5 Å². The molecule has 1 N–H and O–H groups in total. The molecule has 0 fully saturated rings. The maximum atomic E-state index is 6.34.